The Balaban J connectivity index is 2.64. The second kappa shape index (κ2) is 4.86. The van der Waals surface area contributed by atoms with Crippen molar-refractivity contribution in [2.45, 2.75) is 25.7 Å². The molecule has 0 atom stereocenters. The topological polar surface area (TPSA) is 18.5 Å². The Labute approximate surface area is 73.9 Å². The van der Waals surface area contributed by atoms with Crippen LogP contribution in [-0.4, -0.2) is 14.2 Å². The van der Waals surface area contributed by atoms with Gasteiger partial charge in [0.05, 0.1) is 14.2 Å². The first kappa shape index (κ1) is 9.17. The van der Waals surface area contributed by atoms with E-state index in [9.17, 15) is 0 Å². The molecule has 0 unspecified atom stereocenters. The molecule has 1 aliphatic rings. The van der Waals surface area contributed by atoms with E-state index < -0.39 is 0 Å². The maximum atomic E-state index is 5.20. The van der Waals surface area contributed by atoms with Gasteiger partial charge < -0.3 is 9.47 Å². The Hall–Kier alpha value is -0.920. The van der Waals surface area contributed by atoms with Crippen LogP contribution in [0.4, 0.5) is 0 Å². The Morgan fingerprint density at radius 2 is 2.25 bits per heavy atom. The van der Waals surface area contributed by atoms with E-state index in [1.54, 1.807) is 20.5 Å². The zero-order valence-electron chi connectivity index (χ0n) is 7.80. The van der Waals surface area contributed by atoms with Crippen LogP contribution in [0.1, 0.15) is 25.7 Å². The molecule has 0 aromatic rings. The summed E-state index contributed by atoms with van der Waals surface area (Å²) in [5.41, 5.74) is 1.28. The van der Waals surface area contributed by atoms with Crippen LogP contribution in [0.3, 0.4) is 0 Å². The smallest absolute Gasteiger partial charge is 0.156 e. The molecule has 12 heavy (non-hydrogen) atoms. The predicted octanol–water partition coefficient (Wildman–Crippen LogP) is 2.62. The van der Waals surface area contributed by atoms with Gasteiger partial charge in [-0.05, 0) is 31.3 Å². The van der Waals surface area contributed by atoms with Gasteiger partial charge in [0.15, 0.2) is 5.76 Å². The number of methoxy groups -OCH3 is 2. The molecule has 2 heteroatoms. The average molecular weight is 168 g/mol. The summed E-state index contributed by atoms with van der Waals surface area (Å²) in [6, 6.07) is 0. The van der Waals surface area contributed by atoms with E-state index in [0.29, 0.717) is 0 Å². The molecule has 0 saturated heterocycles. The van der Waals surface area contributed by atoms with Crippen LogP contribution in [0, 0.1) is 0 Å². The molecule has 0 bridgehead atoms. The third kappa shape index (κ3) is 2.29. The van der Waals surface area contributed by atoms with E-state index >= 15 is 0 Å². The summed E-state index contributed by atoms with van der Waals surface area (Å²) in [6.07, 6.45) is 8.74. The normalized spacial score (nSPS) is 18.5. The van der Waals surface area contributed by atoms with Crippen LogP contribution < -0.4 is 0 Å². The van der Waals surface area contributed by atoms with Gasteiger partial charge in [0, 0.05) is 0 Å². The van der Waals surface area contributed by atoms with E-state index in [-0.39, 0.29) is 0 Å². The fourth-order valence-electron chi connectivity index (χ4n) is 1.42. The summed E-state index contributed by atoms with van der Waals surface area (Å²) in [5, 5.41) is 0. The maximum Gasteiger partial charge on any atom is 0.156 e. The zero-order chi connectivity index (χ0) is 8.81. The third-order valence-electron chi connectivity index (χ3n) is 2.05. The average Bonchev–Trinajstić information content (AvgIpc) is 2.15. The van der Waals surface area contributed by atoms with E-state index in [1.165, 1.54) is 24.8 Å². The number of hydrogen-bond acceptors (Lipinski definition) is 2. The number of hydrogen-bond donors (Lipinski definition) is 0. The lowest BCUT2D eigenvalue weighted by atomic mass is 9.98. The van der Waals surface area contributed by atoms with Crippen molar-refractivity contribution in [3.8, 4) is 0 Å². The van der Waals surface area contributed by atoms with Gasteiger partial charge in [-0.2, -0.15) is 0 Å². The number of ether oxygens (including phenoxy) is 2. The first-order valence-electron chi connectivity index (χ1n) is 4.35. The molecule has 0 heterocycles. The summed E-state index contributed by atoms with van der Waals surface area (Å²) >= 11 is 0. The molecule has 1 aliphatic carbocycles. The molecule has 2 nitrogen and oxygen atoms in total. The van der Waals surface area contributed by atoms with Crippen LogP contribution in [0.2, 0.25) is 0 Å². The van der Waals surface area contributed by atoms with Gasteiger partial charge in [-0.25, -0.2) is 0 Å². The molecule has 0 aromatic carbocycles. The van der Waals surface area contributed by atoms with Crippen LogP contribution >= 0.6 is 0 Å². The molecule has 0 N–H and O–H groups in total. The molecule has 0 saturated carbocycles. The van der Waals surface area contributed by atoms with Gasteiger partial charge in [0.1, 0.15) is 6.26 Å². The van der Waals surface area contributed by atoms with Gasteiger partial charge >= 0.3 is 0 Å². The van der Waals surface area contributed by atoms with Crippen LogP contribution in [0.25, 0.3) is 0 Å². The summed E-state index contributed by atoms with van der Waals surface area (Å²) < 4.78 is 10.1. The monoisotopic (exact) mass is 168 g/mol. The van der Waals surface area contributed by atoms with Crippen LogP contribution in [0.15, 0.2) is 23.7 Å². The molecule has 0 fully saturated rings. The highest BCUT2D eigenvalue weighted by Crippen LogP contribution is 2.23. The third-order valence-corrected chi connectivity index (χ3v) is 2.05. The van der Waals surface area contributed by atoms with E-state index in [4.69, 9.17) is 9.47 Å². The molecule has 0 spiro atoms. The van der Waals surface area contributed by atoms with Gasteiger partial charge in [0.25, 0.3) is 0 Å². The molecular weight excluding hydrogens is 152 g/mol. The summed E-state index contributed by atoms with van der Waals surface area (Å²) in [4.78, 5) is 0. The Morgan fingerprint density at radius 3 is 2.75 bits per heavy atom. The van der Waals surface area contributed by atoms with Crippen molar-refractivity contribution in [3.05, 3.63) is 23.7 Å². The minimum absolute atomic E-state index is 0.872. The quantitative estimate of drug-likeness (QED) is 0.603. The van der Waals surface area contributed by atoms with Crippen molar-refractivity contribution in [3.63, 3.8) is 0 Å². The first-order chi connectivity index (χ1) is 5.88. The highest BCUT2D eigenvalue weighted by atomic mass is 16.5. The first-order valence-corrected chi connectivity index (χ1v) is 4.35. The zero-order valence-corrected chi connectivity index (χ0v) is 7.80. The van der Waals surface area contributed by atoms with Gasteiger partial charge in [-0.3, -0.25) is 0 Å². The lowest BCUT2D eigenvalue weighted by molar-refractivity contribution is 0.254. The van der Waals surface area contributed by atoms with Crippen molar-refractivity contribution in [2.24, 2.45) is 0 Å². The van der Waals surface area contributed by atoms with Crippen molar-refractivity contribution >= 4 is 0 Å². The van der Waals surface area contributed by atoms with E-state index in [2.05, 4.69) is 6.08 Å². The van der Waals surface area contributed by atoms with Crippen molar-refractivity contribution < 1.29 is 9.47 Å². The molecule has 68 valence electrons. The van der Waals surface area contributed by atoms with Gasteiger partial charge in [0.2, 0.25) is 0 Å². The molecular formula is C10H16O2. The van der Waals surface area contributed by atoms with Crippen molar-refractivity contribution in [1.29, 1.82) is 0 Å². The SMILES string of the molecule is CO/C=C(\OC)C1=CCCCC1. The van der Waals surface area contributed by atoms with E-state index in [0.717, 1.165) is 12.2 Å². The second-order valence-electron chi connectivity index (χ2n) is 2.90. The minimum Gasteiger partial charge on any atom is -0.500 e. The van der Waals surface area contributed by atoms with E-state index in [1.807, 2.05) is 0 Å². The molecule has 0 aliphatic heterocycles. The minimum atomic E-state index is 0.872. The largest absolute Gasteiger partial charge is 0.500 e. The molecule has 0 radical (unpaired) electrons. The second-order valence-corrected chi connectivity index (χ2v) is 2.90. The summed E-state index contributed by atoms with van der Waals surface area (Å²) in [7, 11) is 3.32. The maximum absolute atomic E-state index is 5.20. The summed E-state index contributed by atoms with van der Waals surface area (Å²) in [5.74, 6) is 0.872. The fourth-order valence-corrected chi connectivity index (χ4v) is 1.42. The summed E-state index contributed by atoms with van der Waals surface area (Å²) in [6.45, 7) is 0. The highest BCUT2D eigenvalue weighted by molar-refractivity contribution is 5.25. The Bertz CT molecular complexity index is 186. The molecule has 1 rings (SSSR count). The van der Waals surface area contributed by atoms with Crippen LogP contribution in [0.5, 0.6) is 0 Å². The lowest BCUT2D eigenvalue weighted by Crippen LogP contribution is -1.98. The Morgan fingerprint density at radius 1 is 1.42 bits per heavy atom. The van der Waals surface area contributed by atoms with Crippen LogP contribution in [-0.2, 0) is 9.47 Å². The van der Waals surface area contributed by atoms with Gasteiger partial charge in [-0.15, -0.1) is 0 Å². The number of allylic oxidation sites excluding steroid dienone is 2. The fraction of sp³-hybridized carbons (Fsp3) is 0.600. The Kier molecular flexibility index (Phi) is 3.71. The van der Waals surface area contributed by atoms with Crippen molar-refractivity contribution in [1.82, 2.24) is 0 Å². The lowest BCUT2D eigenvalue weighted by Gasteiger charge is -2.14. The molecule has 0 aromatic heterocycles. The molecule has 0 amide bonds. The predicted molar refractivity (Wildman–Crippen MR) is 48.7 cm³/mol. The standard InChI is InChI=1S/C10H16O2/c1-11-8-10(12-2)9-6-4-3-5-7-9/h6,8H,3-5,7H2,1-2H3/b10-8-. The van der Waals surface area contributed by atoms with Gasteiger partial charge in [-0.1, -0.05) is 6.08 Å². The van der Waals surface area contributed by atoms with Crippen molar-refractivity contribution in [2.75, 3.05) is 14.2 Å². The highest BCUT2D eigenvalue weighted by Gasteiger charge is 2.08. The number of rotatable bonds is 3.